The van der Waals surface area contributed by atoms with Crippen LogP contribution in [-0.2, 0) is 30.6 Å². The van der Waals surface area contributed by atoms with Gasteiger partial charge in [-0.1, -0.05) is 60.7 Å². The fourth-order valence-corrected chi connectivity index (χ4v) is 5.69. The molecule has 0 bridgehead atoms. The lowest BCUT2D eigenvalue weighted by Crippen LogP contribution is -2.43. The Morgan fingerprint density at radius 1 is 1.00 bits per heavy atom. The molecule has 2 aromatic heterocycles. The van der Waals surface area contributed by atoms with Crippen LogP contribution in [0.2, 0.25) is 0 Å². The summed E-state index contributed by atoms with van der Waals surface area (Å²) in [4.78, 5) is 16.8. The first-order valence-corrected chi connectivity index (χ1v) is 14.4. The smallest absolute Gasteiger partial charge is 0.237 e. The van der Waals surface area contributed by atoms with Gasteiger partial charge in [-0.25, -0.2) is 0 Å². The Kier molecular flexibility index (Phi) is 8.09. The molecule has 3 aromatic carbocycles. The van der Waals surface area contributed by atoms with E-state index in [0.29, 0.717) is 13.0 Å². The number of carbonyl (C=O) groups is 1. The van der Waals surface area contributed by atoms with Crippen LogP contribution in [0.3, 0.4) is 0 Å². The molecule has 0 aliphatic carbocycles. The van der Waals surface area contributed by atoms with Crippen molar-refractivity contribution in [2.45, 2.75) is 50.7 Å². The lowest BCUT2D eigenvalue weighted by atomic mass is 10.0. The summed E-state index contributed by atoms with van der Waals surface area (Å²) in [7, 11) is 1.67. The van der Waals surface area contributed by atoms with E-state index in [1.54, 1.807) is 7.11 Å². The number of amides is 1. The first kappa shape index (κ1) is 26.8. The van der Waals surface area contributed by atoms with E-state index in [4.69, 9.17) is 14.9 Å². The van der Waals surface area contributed by atoms with E-state index in [9.17, 15) is 4.79 Å². The average molecular weight is 549 g/mol. The maximum Gasteiger partial charge on any atom is 0.237 e. The van der Waals surface area contributed by atoms with Gasteiger partial charge in [0, 0.05) is 29.9 Å². The van der Waals surface area contributed by atoms with Gasteiger partial charge in [-0.05, 0) is 60.7 Å². The predicted molar refractivity (Wildman–Crippen MR) is 160 cm³/mol. The molecule has 6 rings (SSSR count). The minimum Gasteiger partial charge on any atom is -0.497 e. The van der Waals surface area contributed by atoms with E-state index in [1.165, 1.54) is 5.56 Å². The molecule has 3 N–H and O–H groups in total. The monoisotopic (exact) mass is 548 g/mol. The first-order valence-electron chi connectivity index (χ1n) is 14.4. The molecule has 5 aromatic rings. The zero-order valence-electron chi connectivity index (χ0n) is 23.3. The highest BCUT2D eigenvalue weighted by Gasteiger charge is 2.29. The predicted octanol–water partition coefficient (Wildman–Crippen LogP) is 4.75. The summed E-state index contributed by atoms with van der Waals surface area (Å²) in [6, 6.07) is 26.2. The highest BCUT2D eigenvalue weighted by molar-refractivity contribution is 5.84. The molecule has 210 valence electrons. The number of aromatic amines is 1. The summed E-state index contributed by atoms with van der Waals surface area (Å²) in [5.41, 5.74) is 4.58. The van der Waals surface area contributed by atoms with Crippen LogP contribution in [0.4, 0.5) is 0 Å². The molecule has 41 heavy (non-hydrogen) atoms. The van der Waals surface area contributed by atoms with Crippen LogP contribution < -0.4 is 15.4 Å². The molecule has 0 saturated carbocycles. The Morgan fingerprint density at radius 2 is 1.80 bits per heavy atom. The van der Waals surface area contributed by atoms with Gasteiger partial charge in [0.2, 0.25) is 5.91 Å². The summed E-state index contributed by atoms with van der Waals surface area (Å²) in [6.07, 6.45) is 6.08. The van der Waals surface area contributed by atoms with Crippen molar-refractivity contribution in [3.05, 3.63) is 113 Å². The van der Waals surface area contributed by atoms with Crippen molar-refractivity contribution in [2.75, 3.05) is 13.7 Å². The van der Waals surface area contributed by atoms with Crippen molar-refractivity contribution >= 4 is 16.8 Å². The number of H-pyrrole nitrogens is 1. The number of rotatable bonds is 11. The standard InChI is InChI=1S/C33H36N6O2/c1-41-26-16-13-24(14-17-26)22-39-31(18-15-23-8-3-2-4-9-23)37-38-32(39)30(36-33(40)29-12-7-19-34-29)20-25-21-35-28-11-6-5-10-27(25)28/h2-6,8-11,13-14,16-17,21,29-30,34-35H,7,12,15,18-20,22H2,1H3,(H,36,40)/t29-,30-/m1/s1. The second-order valence-electron chi connectivity index (χ2n) is 10.7. The number of fused-ring (bicyclic) bond motifs is 1. The lowest BCUT2D eigenvalue weighted by Gasteiger charge is -2.22. The van der Waals surface area contributed by atoms with E-state index >= 15 is 0 Å². The number of ether oxygens (including phenoxy) is 1. The van der Waals surface area contributed by atoms with Crippen LogP contribution in [0.5, 0.6) is 5.75 Å². The van der Waals surface area contributed by atoms with Gasteiger partial charge in [0.05, 0.1) is 25.7 Å². The molecular formula is C33H36N6O2. The molecular weight excluding hydrogens is 512 g/mol. The van der Waals surface area contributed by atoms with Crippen LogP contribution in [0.1, 0.15) is 47.2 Å². The minimum absolute atomic E-state index is 0.0113. The molecule has 0 radical (unpaired) electrons. The fourth-order valence-electron chi connectivity index (χ4n) is 5.69. The highest BCUT2D eigenvalue weighted by Crippen LogP contribution is 2.26. The Hall–Kier alpha value is -4.43. The maximum atomic E-state index is 13.4. The quantitative estimate of drug-likeness (QED) is 0.221. The number of nitrogens with zero attached hydrogens (tertiary/aromatic N) is 3. The minimum atomic E-state index is -0.347. The maximum absolute atomic E-state index is 13.4. The van der Waals surface area contributed by atoms with Gasteiger partial charge in [0.25, 0.3) is 0 Å². The van der Waals surface area contributed by atoms with Crippen LogP contribution in [0, 0.1) is 0 Å². The van der Waals surface area contributed by atoms with Gasteiger partial charge >= 0.3 is 0 Å². The van der Waals surface area contributed by atoms with E-state index in [-0.39, 0.29) is 18.0 Å². The largest absolute Gasteiger partial charge is 0.497 e. The van der Waals surface area contributed by atoms with E-state index < -0.39 is 0 Å². The van der Waals surface area contributed by atoms with E-state index in [0.717, 1.165) is 71.7 Å². The molecule has 3 heterocycles. The number of para-hydroxylation sites is 1. The Balaban J connectivity index is 1.36. The van der Waals surface area contributed by atoms with Crippen molar-refractivity contribution in [1.82, 2.24) is 30.4 Å². The van der Waals surface area contributed by atoms with Crippen LogP contribution >= 0.6 is 0 Å². The Labute approximate surface area is 240 Å². The van der Waals surface area contributed by atoms with Gasteiger partial charge in [0.1, 0.15) is 11.6 Å². The van der Waals surface area contributed by atoms with Gasteiger partial charge in [-0.3, -0.25) is 4.79 Å². The van der Waals surface area contributed by atoms with Gasteiger partial charge in [0.15, 0.2) is 5.82 Å². The van der Waals surface area contributed by atoms with Gasteiger partial charge in [-0.15, -0.1) is 10.2 Å². The topological polar surface area (TPSA) is 96.9 Å². The molecule has 2 atom stereocenters. The first-order chi connectivity index (χ1) is 20.2. The number of methoxy groups -OCH3 is 1. The molecule has 1 saturated heterocycles. The Bertz CT molecular complexity index is 1590. The number of nitrogens with one attached hydrogen (secondary N) is 3. The normalized spacial score (nSPS) is 15.7. The van der Waals surface area contributed by atoms with Crippen LogP contribution in [0.15, 0.2) is 85.1 Å². The van der Waals surface area contributed by atoms with Gasteiger partial charge in [-0.2, -0.15) is 0 Å². The number of benzene rings is 3. The van der Waals surface area contributed by atoms with Gasteiger partial charge < -0.3 is 24.9 Å². The van der Waals surface area contributed by atoms with Crippen molar-refractivity contribution < 1.29 is 9.53 Å². The van der Waals surface area contributed by atoms with Crippen molar-refractivity contribution in [2.24, 2.45) is 0 Å². The number of aromatic nitrogens is 4. The number of aryl methyl sites for hydroxylation is 2. The van der Waals surface area contributed by atoms with E-state index in [2.05, 4.69) is 68.7 Å². The molecule has 8 nitrogen and oxygen atoms in total. The summed E-state index contributed by atoms with van der Waals surface area (Å²) in [5.74, 6) is 2.49. The number of carbonyl (C=O) groups excluding carboxylic acids is 1. The zero-order chi connectivity index (χ0) is 28.0. The van der Waals surface area contributed by atoms with Crippen molar-refractivity contribution in [3.63, 3.8) is 0 Å². The van der Waals surface area contributed by atoms with Crippen molar-refractivity contribution in [3.8, 4) is 5.75 Å². The molecule has 8 heteroatoms. The average Bonchev–Trinajstić information content (AvgIpc) is 3.78. The molecule has 1 fully saturated rings. The Morgan fingerprint density at radius 3 is 2.59 bits per heavy atom. The highest BCUT2D eigenvalue weighted by atomic mass is 16.5. The second kappa shape index (κ2) is 12.4. The molecule has 0 spiro atoms. The van der Waals surface area contributed by atoms with Crippen molar-refractivity contribution in [1.29, 1.82) is 0 Å². The van der Waals surface area contributed by atoms with E-state index in [1.807, 2.05) is 36.5 Å². The zero-order valence-corrected chi connectivity index (χ0v) is 23.3. The number of hydrogen-bond donors (Lipinski definition) is 3. The lowest BCUT2D eigenvalue weighted by molar-refractivity contribution is -0.123. The molecule has 0 unspecified atom stereocenters. The second-order valence-corrected chi connectivity index (χ2v) is 10.7. The third kappa shape index (κ3) is 6.18. The molecule has 1 aliphatic heterocycles. The molecule has 1 amide bonds. The van der Waals surface area contributed by atoms with Crippen LogP contribution in [0.25, 0.3) is 10.9 Å². The molecule has 1 aliphatic rings. The summed E-state index contributed by atoms with van der Waals surface area (Å²) in [6.45, 7) is 1.46. The third-order valence-corrected chi connectivity index (χ3v) is 7.94. The summed E-state index contributed by atoms with van der Waals surface area (Å²) in [5, 5.41) is 17.3. The van der Waals surface area contributed by atoms with Crippen LogP contribution in [-0.4, -0.2) is 45.4 Å². The fraction of sp³-hybridized carbons (Fsp3) is 0.303. The summed E-state index contributed by atoms with van der Waals surface area (Å²) < 4.78 is 7.56. The third-order valence-electron chi connectivity index (χ3n) is 7.94. The number of hydrogen-bond acceptors (Lipinski definition) is 5. The summed E-state index contributed by atoms with van der Waals surface area (Å²) >= 11 is 0. The SMILES string of the molecule is COc1ccc(Cn2c(CCc3ccccc3)nnc2[C@@H](Cc2c[nH]c3ccccc23)NC(=O)[C@H]2CCCN2)cc1.